The molecular formula is C19H26BrN. The molecule has 1 aromatic carbocycles. The summed E-state index contributed by atoms with van der Waals surface area (Å²) in [7, 11) is 2.37. The fourth-order valence-corrected chi connectivity index (χ4v) is 6.22. The Morgan fingerprint density at radius 2 is 1.81 bits per heavy atom. The van der Waals surface area contributed by atoms with E-state index in [1.807, 2.05) is 0 Å². The first-order valence-electron chi connectivity index (χ1n) is 8.65. The zero-order valence-corrected chi connectivity index (χ0v) is 14.6. The second-order valence-corrected chi connectivity index (χ2v) is 8.63. The average Bonchev–Trinajstić information content (AvgIpc) is 2.66. The quantitative estimate of drug-likeness (QED) is 0.735. The maximum atomic E-state index is 3.60. The molecule has 2 heteroatoms. The van der Waals surface area contributed by atoms with Crippen molar-refractivity contribution >= 4 is 15.9 Å². The highest BCUT2D eigenvalue weighted by molar-refractivity contribution is 9.10. The van der Waals surface area contributed by atoms with Gasteiger partial charge in [-0.15, -0.1) is 0 Å². The molecule has 3 saturated carbocycles. The monoisotopic (exact) mass is 347 g/mol. The molecule has 114 valence electrons. The van der Waals surface area contributed by atoms with Gasteiger partial charge in [0.1, 0.15) is 0 Å². The van der Waals surface area contributed by atoms with Crippen LogP contribution in [-0.4, -0.2) is 18.0 Å². The van der Waals surface area contributed by atoms with Crippen molar-refractivity contribution in [2.45, 2.75) is 51.1 Å². The summed E-state index contributed by atoms with van der Waals surface area (Å²) in [6, 6.07) is 9.67. The van der Waals surface area contributed by atoms with Crippen LogP contribution < -0.4 is 0 Å². The lowest BCUT2D eigenvalue weighted by Crippen LogP contribution is -2.45. The molecule has 0 amide bonds. The van der Waals surface area contributed by atoms with E-state index < -0.39 is 0 Å². The van der Waals surface area contributed by atoms with Crippen LogP contribution in [0.5, 0.6) is 0 Å². The van der Waals surface area contributed by atoms with E-state index in [0.717, 1.165) is 36.3 Å². The van der Waals surface area contributed by atoms with Crippen molar-refractivity contribution in [1.29, 1.82) is 0 Å². The minimum Gasteiger partial charge on any atom is -0.299 e. The summed E-state index contributed by atoms with van der Waals surface area (Å²) >= 11 is 3.60. The third-order valence-electron chi connectivity index (χ3n) is 6.43. The van der Waals surface area contributed by atoms with Gasteiger partial charge in [0.25, 0.3) is 0 Å². The summed E-state index contributed by atoms with van der Waals surface area (Å²) in [5.41, 5.74) is 1.44. The zero-order chi connectivity index (χ0) is 14.4. The minimum atomic E-state index is 0.838. The van der Waals surface area contributed by atoms with Gasteiger partial charge in [0.05, 0.1) is 0 Å². The third-order valence-corrected chi connectivity index (χ3v) is 6.92. The van der Waals surface area contributed by atoms with E-state index >= 15 is 0 Å². The van der Waals surface area contributed by atoms with Crippen molar-refractivity contribution in [2.75, 3.05) is 7.05 Å². The predicted molar refractivity (Wildman–Crippen MR) is 91.1 cm³/mol. The van der Waals surface area contributed by atoms with Crippen molar-refractivity contribution in [3.63, 3.8) is 0 Å². The second-order valence-electron chi connectivity index (χ2n) is 7.71. The van der Waals surface area contributed by atoms with Gasteiger partial charge in [0.2, 0.25) is 0 Å². The largest absolute Gasteiger partial charge is 0.299 e. The van der Waals surface area contributed by atoms with Gasteiger partial charge in [0.15, 0.2) is 0 Å². The Hall–Kier alpha value is -0.340. The van der Waals surface area contributed by atoms with Crippen LogP contribution in [-0.2, 0) is 6.54 Å². The first-order valence-corrected chi connectivity index (χ1v) is 9.44. The summed E-state index contributed by atoms with van der Waals surface area (Å²) in [6.07, 6.45) is 9.06. The summed E-state index contributed by atoms with van der Waals surface area (Å²) in [5, 5.41) is 0. The van der Waals surface area contributed by atoms with Crippen molar-refractivity contribution in [2.24, 2.45) is 23.7 Å². The summed E-state index contributed by atoms with van der Waals surface area (Å²) in [6.45, 7) is 1.10. The van der Waals surface area contributed by atoms with Gasteiger partial charge in [0, 0.05) is 17.1 Å². The topological polar surface area (TPSA) is 3.24 Å². The molecule has 3 fully saturated rings. The molecule has 1 nitrogen and oxygen atoms in total. The maximum Gasteiger partial charge on any atom is 0.0234 e. The van der Waals surface area contributed by atoms with Crippen molar-refractivity contribution in [1.82, 2.24) is 4.90 Å². The SMILES string of the molecule is CN(Cc1cccc(Br)c1)C1C2CCCC3CC1CC3C2. The summed E-state index contributed by atoms with van der Waals surface area (Å²) in [5.74, 6) is 4.11. The summed E-state index contributed by atoms with van der Waals surface area (Å²) < 4.78 is 1.20. The number of nitrogens with zero attached hydrogens (tertiary/aromatic N) is 1. The highest BCUT2D eigenvalue weighted by Crippen LogP contribution is 2.54. The lowest BCUT2D eigenvalue weighted by Gasteiger charge is -2.42. The molecule has 0 aromatic heterocycles. The standard InChI is InChI=1S/C19H26BrN/c1-21(12-13-4-2-7-18(20)8-13)19-15-6-3-5-14-9-17(19)11-16(14)10-15/h2,4,7-8,14-17,19H,3,5-6,9-12H2,1H3. The van der Waals surface area contributed by atoms with E-state index in [-0.39, 0.29) is 0 Å². The van der Waals surface area contributed by atoms with Crippen LogP contribution in [0.25, 0.3) is 0 Å². The third kappa shape index (κ3) is 2.70. The Balaban J connectivity index is 1.52. The Labute approximate surface area is 137 Å². The number of fused-ring (bicyclic) bond motifs is 2. The van der Waals surface area contributed by atoms with Crippen LogP contribution in [0.2, 0.25) is 0 Å². The van der Waals surface area contributed by atoms with Gasteiger partial charge in [-0.05, 0) is 74.1 Å². The Morgan fingerprint density at radius 3 is 2.67 bits per heavy atom. The minimum absolute atomic E-state index is 0.838. The Kier molecular flexibility index (Phi) is 3.87. The van der Waals surface area contributed by atoms with Crippen molar-refractivity contribution in [3.8, 4) is 0 Å². The van der Waals surface area contributed by atoms with E-state index in [1.54, 1.807) is 0 Å². The van der Waals surface area contributed by atoms with E-state index in [9.17, 15) is 0 Å². The fourth-order valence-electron chi connectivity index (χ4n) is 5.77. The molecule has 3 aliphatic rings. The van der Waals surface area contributed by atoms with Crippen LogP contribution in [0.3, 0.4) is 0 Å². The van der Waals surface area contributed by atoms with Crippen LogP contribution in [0.15, 0.2) is 28.7 Å². The van der Waals surface area contributed by atoms with E-state index in [0.29, 0.717) is 0 Å². The van der Waals surface area contributed by atoms with Gasteiger partial charge in [-0.3, -0.25) is 4.90 Å². The Morgan fingerprint density at radius 1 is 1.05 bits per heavy atom. The van der Waals surface area contributed by atoms with E-state index in [1.165, 1.54) is 48.6 Å². The molecule has 0 radical (unpaired) electrons. The molecule has 3 bridgehead atoms. The fraction of sp³-hybridized carbons (Fsp3) is 0.684. The highest BCUT2D eigenvalue weighted by atomic mass is 79.9. The number of hydrogen-bond acceptors (Lipinski definition) is 1. The van der Waals surface area contributed by atoms with Crippen LogP contribution in [0, 0.1) is 23.7 Å². The number of rotatable bonds is 3. The zero-order valence-electron chi connectivity index (χ0n) is 13.0. The van der Waals surface area contributed by atoms with E-state index in [4.69, 9.17) is 0 Å². The molecule has 0 aliphatic heterocycles. The molecule has 3 aliphatic carbocycles. The molecule has 1 aromatic rings. The smallest absolute Gasteiger partial charge is 0.0234 e. The summed E-state index contributed by atoms with van der Waals surface area (Å²) in [4.78, 5) is 2.68. The first kappa shape index (κ1) is 14.3. The lowest BCUT2D eigenvalue weighted by molar-refractivity contribution is 0.0696. The average molecular weight is 348 g/mol. The molecule has 0 N–H and O–H groups in total. The van der Waals surface area contributed by atoms with Gasteiger partial charge in [-0.1, -0.05) is 40.9 Å². The van der Waals surface area contributed by atoms with Crippen LogP contribution >= 0.6 is 15.9 Å². The van der Waals surface area contributed by atoms with E-state index in [2.05, 4.69) is 52.1 Å². The molecule has 5 unspecified atom stereocenters. The molecule has 5 atom stereocenters. The van der Waals surface area contributed by atoms with Crippen molar-refractivity contribution < 1.29 is 0 Å². The lowest BCUT2D eigenvalue weighted by atomic mass is 9.75. The molecule has 0 saturated heterocycles. The number of halogens is 1. The molecule has 4 rings (SSSR count). The van der Waals surface area contributed by atoms with Crippen LogP contribution in [0.1, 0.15) is 44.1 Å². The maximum absolute atomic E-state index is 3.60. The molecule has 21 heavy (non-hydrogen) atoms. The van der Waals surface area contributed by atoms with Gasteiger partial charge in [-0.25, -0.2) is 0 Å². The highest BCUT2D eigenvalue weighted by Gasteiger charge is 2.48. The van der Waals surface area contributed by atoms with Crippen molar-refractivity contribution in [3.05, 3.63) is 34.3 Å². The second kappa shape index (κ2) is 5.70. The van der Waals surface area contributed by atoms with Crippen LogP contribution in [0.4, 0.5) is 0 Å². The molecule has 0 heterocycles. The van der Waals surface area contributed by atoms with Gasteiger partial charge >= 0.3 is 0 Å². The van der Waals surface area contributed by atoms with Gasteiger partial charge in [-0.2, -0.15) is 0 Å². The number of benzene rings is 1. The van der Waals surface area contributed by atoms with Gasteiger partial charge < -0.3 is 0 Å². The Bertz CT molecular complexity index is 514. The molecule has 0 spiro atoms. The first-order chi connectivity index (χ1) is 10.2. The number of hydrogen-bond donors (Lipinski definition) is 0. The predicted octanol–water partition coefficient (Wildman–Crippen LogP) is 5.10. The normalized spacial score (nSPS) is 38.0. The molecular weight excluding hydrogens is 322 g/mol.